The Morgan fingerprint density at radius 3 is 3.00 bits per heavy atom. The lowest BCUT2D eigenvalue weighted by molar-refractivity contribution is 0.754. The Hall–Kier alpha value is -0.800. The average molecular weight is 205 g/mol. The molecule has 0 aromatic carbocycles. The lowest BCUT2D eigenvalue weighted by Gasteiger charge is -1.98. The molecule has 0 radical (unpaired) electrons. The van der Waals surface area contributed by atoms with Crippen LogP contribution in [0.5, 0.6) is 0 Å². The fraction of sp³-hybridized carbons (Fsp3) is 0.143. The molecule has 1 rings (SSSR count). The molecule has 0 spiro atoms. The van der Waals surface area contributed by atoms with Crippen LogP contribution in [0.4, 0.5) is 0 Å². The van der Waals surface area contributed by atoms with Gasteiger partial charge in [-0.15, -0.1) is 0 Å². The fourth-order valence-electron chi connectivity index (χ4n) is 0.694. The van der Waals surface area contributed by atoms with Crippen LogP contribution in [0.25, 0.3) is 0 Å². The van der Waals surface area contributed by atoms with Crippen molar-refractivity contribution in [2.24, 2.45) is 0 Å². The predicted octanol–water partition coefficient (Wildman–Crippen LogP) is 1.65. The van der Waals surface area contributed by atoms with Gasteiger partial charge in [-0.3, -0.25) is 9.36 Å². The van der Waals surface area contributed by atoms with Gasteiger partial charge in [0, 0.05) is 18.1 Å². The molecule has 0 aliphatic heterocycles. The van der Waals surface area contributed by atoms with Crippen molar-refractivity contribution in [2.75, 3.05) is 0 Å². The van der Waals surface area contributed by atoms with E-state index in [9.17, 15) is 4.79 Å². The molecule has 5 heteroatoms. The molecule has 0 atom stereocenters. The molecule has 0 aliphatic carbocycles. The molecule has 1 heterocycles. The highest BCUT2D eigenvalue weighted by atomic mass is 35.5. The number of allylic oxidation sites excluding steroid dienone is 1. The van der Waals surface area contributed by atoms with Gasteiger partial charge in [-0.1, -0.05) is 29.3 Å². The molecule has 64 valence electrons. The van der Waals surface area contributed by atoms with Gasteiger partial charge in [-0.2, -0.15) is 0 Å². The summed E-state index contributed by atoms with van der Waals surface area (Å²) in [4.78, 5) is 14.9. The first-order valence-corrected chi connectivity index (χ1v) is 4.02. The minimum absolute atomic E-state index is 0.190. The summed E-state index contributed by atoms with van der Waals surface area (Å²) in [6.07, 6.45) is 3.01. The van der Waals surface area contributed by atoms with Crippen LogP contribution >= 0.6 is 23.2 Å². The van der Waals surface area contributed by atoms with E-state index >= 15 is 0 Å². The van der Waals surface area contributed by atoms with Crippen molar-refractivity contribution in [1.29, 1.82) is 0 Å². The summed E-state index contributed by atoms with van der Waals surface area (Å²) in [6.45, 7) is 0.409. The third kappa shape index (κ3) is 2.36. The van der Waals surface area contributed by atoms with Crippen molar-refractivity contribution in [2.45, 2.75) is 6.54 Å². The summed E-state index contributed by atoms with van der Waals surface area (Å²) >= 11 is 10.8. The second kappa shape index (κ2) is 4.28. The summed E-state index contributed by atoms with van der Waals surface area (Å²) in [5, 5.41) is 0.200. The lowest BCUT2D eigenvalue weighted by atomic mass is 10.5. The van der Waals surface area contributed by atoms with Gasteiger partial charge in [0.15, 0.2) is 0 Å². The van der Waals surface area contributed by atoms with Gasteiger partial charge in [-0.25, -0.2) is 4.98 Å². The third-order valence-electron chi connectivity index (χ3n) is 1.24. The van der Waals surface area contributed by atoms with Crippen molar-refractivity contribution < 1.29 is 0 Å². The molecular weight excluding hydrogens is 199 g/mol. The zero-order valence-corrected chi connectivity index (χ0v) is 7.59. The maximum Gasteiger partial charge on any atom is 0.255 e. The van der Waals surface area contributed by atoms with Gasteiger partial charge in [0.25, 0.3) is 5.56 Å². The fourth-order valence-corrected chi connectivity index (χ4v) is 0.911. The van der Waals surface area contributed by atoms with Crippen LogP contribution in [0.1, 0.15) is 0 Å². The van der Waals surface area contributed by atoms with Crippen LogP contribution in [0.15, 0.2) is 28.8 Å². The minimum Gasteiger partial charge on any atom is -0.295 e. The molecule has 0 N–H and O–H groups in total. The molecule has 0 fully saturated rings. The zero-order valence-electron chi connectivity index (χ0n) is 6.08. The Morgan fingerprint density at radius 2 is 2.42 bits per heavy atom. The van der Waals surface area contributed by atoms with Crippen LogP contribution in [-0.4, -0.2) is 9.55 Å². The van der Waals surface area contributed by atoms with Crippen LogP contribution in [0.3, 0.4) is 0 Å². The Labute approximate surface area is 79.3 Å². The molecule has 1 aromatic rings. The van der Waals surface area contributed by atoms with Crippen molar-refractivity contribution in [3.8, 4) is 0 Å². The van der Waals surface area contributed by atoms with Crippen LogP contribution in [0.2, 0.25) is 5.15 Å². The number of halogens is 2. The molecule has 12 heavy (non-hydrogen) atoms. The van der Waals surface area contributed by atoms with Crippen molar-refractivity contribution in [3.63, 3.8) is 0 Å². The van der Waals surface area contributed by atoms with Crippen LogP contribution < -0.4 is 5.56 Å². The van der Waals surface area contributed by atoms with Gasteiger partial charge < -0.3 is 0 Å². The molecule has 0 aliphatic rings. The Morgan fingerprint density at radius 1 is 1.67 bits per heavy atom. The van der Waals surface area contributed by atoms with Gasteiger partial charge in [0.1, 0.15) is 5.15 Å². The lowest BCUT2D eigenvalue weighted by Crippen LogP contribution is -2.18. The SMILES string of the molecule is O=c1cc(Cl)ncn1C/C=C/Cl. The molecular formula is C7H6Cl2N2O. The first-order chi connectivity index (χ1) is 5.74. The van der Waals surface area contributed by atoms with E-state index in [1.807, 2.05) is 0 Å². The molecule has 0 unspecified atom stereocenters. The highest BCUT2D eigenvalue weighted by Gasteiger charge is 1.94. The van der Waals surface area contributed by atoms with E-state index in [0.29, 0.717) is 6.54 Å². The van der Waals surface area contributed by atoms with Gasteiger partial charge in [0.05, 0.1) is 6.33 Å². The molecule has 0 saturated heterocycles. The zero-order chi connectivity index (χ0) is 8.97. The van der Waals surface area contributed by atoms with E-state index in [4.69, 9.17) is 23.2 Å². The number of hydrogen-bond acceptors (Lipinski definition) is 2. The normalized spacial score (nSPS) is 10.8. The minimum atomic E-state index is -0.190. The molecule has 1 aromatic heterocycles. The van der Waals surface area contributed by atoms with E-state index in [2.05, 4.69) is 4.98 Å². The first kappa shape index (κ1) is 9.29. The third-order valence-corrected chi connectivity index (χ3v) is 1.62. The van der Waals surface area contributed by atoms with Crippen molar-refractivity contribution in [1.82, 2.24) is 9.55 Å². The van der Waals surface area contributed by atoms with E-state index in [1.54, 1.807) is 6.08 Å². The molecule has 0 bridgehead atoms. The highest BCUT2D eigenvalue weighted by molar-refractivity contribution is 6.29. The van der Waals surface area contributed by atoms with E-state index in [-0.39, 0.29) is 10.7 Å². The Bertz CT molecular complexity index is 346. The second-order valence-electron chi connectivity index (χ2n) is 2.06. The van der Waals surface area contributed by atoms with Crippen LogP contribution in [-0.2, 0) is 6.54 Å². The van der Waals surface area contributed by atoms with Gasteiger partial charge >= 0.3 is 0 Å². The largest absolute Gasteiger partial charge is 0.295 e. The number of nitrogens with zero attached hydrogens (tertiary/aromatic N) is 2. The van der Waals surface area contributed by atoms with Gasteiger partial charge in [0.2, 0.25) is 0 Å². The smallest absolute Gasteiger partial charge is 0.255 e. The second-order valence-corrected chi connectivity index (χ2v) is 2.70. The maximum atomic E-state index is 11.1. The van der Waals surface area contributed by atoms with Crippen molar-refractivity contribution >= 4 is 23.2 Å². The molecule has 3 nitrogen and oxygen atoms in total. The number of rotatable bonds is 2. The topological polar surface area (TPSA) is 34.9 Å². The van der Waals surface area contributed by atoms with Crippen LogP contribution in [0, 0.1) is 0 Å². The maximum absolute atomic E-state index is 11.1. The average Bonchev–Trinajstić information content (AvgIpc) is 2.03. The van der Waals surface area contributed by atoms with E-state index in [0.717, 1.165) is 0 Å². The van der Waals surface area contributed by atoms with Gasteiger partial charge in [-0.05, 0) is 0 Å². The summed E-state index contributed by atoms with van der Waals surface area (Å²) in [5.41, 5.74) is 1.16. The Kier molecular flexibility index (Phi) is 3.31. The monoisotopic (exact) mass is 204 g/mol. The van der Waals surface area contributed by atoms with E-state index < -0.39 is 0 Å². The summed E-state index contributed by atoms with van der Waals surface area (Å²) in [6, 6.07) is 1.25. The summed E-state index contributed by atoms with van der Waals surface area (Å²) in [7, 11) is 0. The highest BCUT2D eigenvalue weighted by Crippen LogP contribution is 1.96. The molecule has 0 saturated carbocycles. The number of hydrogen-bond donors (Lipinski definition) is 0. The quantitative estimate of drug-likeness (QED) is 0.688. The predicted molar refractivity (Wildman–Crippen MR) is 48.5 cm³/mol. The summed E-state index contributed by atoms with van der Waals surface area (Å²) < 4.78 is 1.39. The number of aromatic nitrogens is 2. The Balaban J connectivity index is 2.94. The molecule has 0 amide bonds. The first-order valence-electron chi connectivity index (χ1n) is 3.21. The summed E-state index contributed by atoms with van der Waals surface area (Å²) in [5.74, 6) is 0. The van der Waals surface area contributed by atoms with Crippen molar-refractivity contribution in [3.05, 3.63) is 39.5 Å². The van der Waals surface area contributed by atoms with E-state index in [1.165, 1.54) is 22.5 Å². The standard InChI is InChI=1S/C7H6Cl2N2O/c8-2-1-3-11-5-10-6(9)4-7(11)12/h1-2,4-5H,3H2/b2-1+.